The molecule has 0 amide bonds. The lowest BCUT2D eigenvalue weighted by Crippen LogP contribution is -2.52. The number of rotatable bonds is 2. The van der Waals surface area contributed by atoms with Gasteiger partial charge in [-0.25, -0.2) is 0 Å². The normalized spacial score (nSPS) is 23.5. The van der Waals surface area contributed by atoms with Crippen LogP contribution in [0, 0.1) is 0 Å². The van der Waals surface area contributed by atoms with E-state index in [0.29, 0.717) is 0 Å². The fraction of sp³-hybridized carbons (Fsp3) is 0.0541. The standard InChI is InChI=1S/C74H11Cl2N/c75-11-5-1-9(2-6-11)71-73-67-59-51-41-31-23-15-13-14-17-21-19(15)27-35-29(21)39-33-25(17)26-18(14)22-20-16(13)24(23)32-38-28(20)36-30(22)40-34(26)44-43(33)53-47(39)57-49(35)55(45(51)37(27)31)63(67)65(57)69-61(53)62-54(44)48(40)58-50(36)56-46(38)52(42(32)41)60(59)68(73)64(56)66(58)70(62)74(69,73)72(77-71)10-3-7-12(76)8-4-10/h1-8,71-72,77H. The van der Waals surface area contributed by atoms with E-state index in [1.807, 2.05) is 0 Å². The van der Waals surface area contributed by atoms with Crippen LogP contribution in [0.15, 0.2) is 48.5 Å². The Morgan fingerprint density at radius 2 is 0.325 bits per heavy atom. The van der Waals surface area contributed by atoms with Crippen LogP contribution >= 0.6 is 23.2 Å². The fourth-order valence-corrected chi connectivity index (χ4v) is 27.1. The lowest BCUT2D eigenvalue weighted by atomic mass is 9.45. The van der Waals surface area contributed by atoms with Gasteiger partial charge in [0.05, 0.1) is 10.8 Å². The summed E-state index contributed by atoms with van der Waals surface area (Å²) in [5, 5.41) is 94.4. The number of hydrogen-bond acceptors (Lipinski definition) is 1. The molecule has 1 N–H and O–H groups in total. The molecule has 1 aliphatic heterocycles. The number of benzene rings is 20. The Labute approximate surface area is 431 Å². The molecule has 2 spiro atoms. The maximum absolute atomic E-state index is 7.05. The van der Waals surface area contributed by atoms with Crippen LogP contribution in [0.25, 0.3) is 291 Å². The third-order valence-electron chi connectivity index (χ3n) is 27.1. The van der Waals surface area contributed by atoms with E-state index in [9.17, 15) is 0 Å². The molecule has 3 heteroatoms. The van der Waals surface area contributed by atoms with E-state index in [4.69, 9.17) is 28.5 Å². The summed E-state index contributed by atoms with van der Waals surface area (Å²) in [6, 6.07) is 18.4. The zero-order chi connectivity index (χ0) is 46.3. The molecule has 326 valence electrons. The van der Waals surface area contributed by atoms with Gasteiger partial charge < -0.3 is 5.32 Å². The first-order valence-electron chi connectivity index (χ1n) is 28.3. The number of nitrogens with one attached hydrogen (secondary N) is 1. The monoisotopic (exact) mass is 983 g/mol. The highest BCUT2D eigenvalue weighted by Gasteiger charge is 2.77. The van der Waals surface area contributed by atoms with E-state index >= 15 is 0 Å². The third-order valence-corrected chi connectivity index (χ3v) is 27.6. The Morgan fingerprint density at radius 3 is 0.468 bits per heavy atom. The predicted molar refractivity (Wildman–Crippen MR) is 325 cm³/mol. The minimum Gasteiger partial charge on any atom is -0.301 e. The zero-order valence-electron chi connectivity index (χ0n) is 39.0. The van der Waals surface area contributed by atoms with Crippen LogP contribution in [0.1, 0.15) is 45.5 Å². The third kappa shape index (κ3) is 1.73. The Bertz CT molecular complexity index is 7220. The zero-order valence-corrected chi connectivity index (χ0v) is 40.5. The minimum atomic E-state index is -0.503. The van der Waals surface area contributed by atoms with Gasteiger partial charge in [-0.2, -0.15) is 0 Å². The number of hydrogen-bond donors (Lipinski definition) is 1. The minimum absolute atomic E-state index is 0.0591. The first-order valence-corrected chi connectivity index (χ1v) is 29.0. The van der Waals surface area contributed by atoms with Crippen molar-refractivity contribution in [1.29, 1.82) is 0 Å². The van der Waals surface area contributed by atoms with Crippen LogP contribution in [0.3, 0.4) is 0 Å². The van der Waals surface area contributed by atoms with Crippen molar-refractivity contribution in [3.8, 4) is 0 Å². The van der Waals surface area contributed by atoms with E-state index in [-0.39, 0.29) is 12.1 Å². The largest absolute Gasteiger partial charge is 0.301 e. The highest BCUT2D eigenvalue weighted by molar-refractivity contribution is 6.82. The maximum atomic E-state index is 7.05. The van der Waals surface area contributed by atoms with Crippen LogP contribution in [-0.4, -0.2) is 0 Å². The molecule has 35 rings (SSSR count). The summed E-state index contributed by atoms with van der Waals surface area (Å²) in [5.74, 6) is 0. The van der Waals surface area contributed by atoms with Crippen molar-refractivity contribution in [3.63, 3.8) is 0 Å². The van der Waals surface area contributed by atoms with Crippen molar-refractivity contribution >= 4 is 314 Å². The molecule has 1 saturated heterocycles. The van der Waals surface area contributed by atoms with Gasteiger partial charge in [0.15, 0.2) is 0 Å². The molecule has 2 atom stereocenters. The lowest BCUT2D eigenvalue weighted by Gasteiger charge is -2.53. The Morgan fingerprint density at radius 1 is 0.195 bits per heavy atom. The van der Waals surface area contributed by atoms with Crippen LogP contribution in [-0.2, 0) is 10.8 Å². The lowest BCUT2D eigenvalue weighted by molar-refractivity contribution is 0.334. The van der Waals surface area contributed by atoms with Gasteiger partial charge in [0, 0.05) is 22.1 Å². The van der Waals surface area contributed by atoms with Crippen LogP contribution in [0.4, 0.5) is 0 Å². The van der Waals surface area contributed by atoms with E-state index in [0.717, 1.165) is 10.0 Å². The molecule has 0 aromatic heterocycles. The van der Waals surface area contributed by atoms with E-state index < -0.39 is 10.8 Å². The smallest absolute Gasteiger partial charge is 0.0579 e. The van der Waals surface area contributed by atoms with Gasteiger partial charge in [0.1, 0.15) is 0 Å². The average Bonchev–Trinajstić information content (AvgIpc) is 1.71. The number of halogens is 2. The van der Waals surface area contributed by atoms with Crippen LogP contribution < -0.4 is 5.32 Å². The Kier molecular flexibility index (Phi) is 2.80. The highest BCUT2D eigenvalue weighted by Crippen LogP contribution is 2.88. The van der Waals surface area contributed by atoms with Crippen molar-refractivity contribution in [2.24, 2.45) is 0 Å². The molecule has 0 bridgehead atoms. The van der Waals surface area contributed by atoms with E-state index in [1.165, 1.54) is 11.1 Å². The van der Waals surface area contributed by atoms with Crippen molar-refractivity contribution in [2.45, 2.75) is 22.9 Å². The molecule has 0 radical (unpaired) electrons. The average molecular weight is 985 g/mol. The van der Waals surface area contributed by atoms with Crippen LogP contribution in [0.5, 0.6) is 0 Å². The molecule has 1 fully saturated rings. The second-order valence-corrected chi connectivity index (χ2v) is 28.4. The van der Waals surface area contributed by atoms with Gasteiger partial charge in [-0.1, -0.05) is 47.5 Å². The van der Waals surface area contributed by atoms with Crippen molar-refractivity contribution in [1.82, 2.24) is 5.32 Å². The first-order chi connectivity index (χ1) is 38.2. The second kappa shape index (κ2) is 7.12. The van der Waals surface area contributed by atoms with Gasteiger partial charge in [0.25, 0.3) is 0 Å². The summed E-state index contributed by atoms with van der Waals surface area (Å²) in [6.45, 7) is 0. The van der Waals surface area contributed by atoms with E-state index in [1.54, 1.807) is 313 Å². The topological polar surface area (TPSA) is 12.0 Å². The van der Waals surface area contributed by atoms with Gasteiger partial charge in [-0.05, 0) is 349 Å². The van der Waals surface area contributed by atoms with Gasteiger partial charge >= 0.3 is 0 Å². The molecule has 4 aliphatic carbocycles. The highest BCUT2D eigenvalue weighted by atomic mass is 35.5. The molecule has 1 nitrogen and oxygen atoms in total. The molecule has 1 heterocycles. The molecule has 77 heavy (non-hydrogen) atoms. The second-order valence-electron chi connectivity index (χ2n) is 27.5. The van der Waals surface area contributed by atoms with Crippen molar-refractivity contribution < 1.29 is 0 Å². The van der Waals surface area contributed by atoms with Crippen molar-refractivity contribution in [2.75, 3.05) is 0 Å². The summed E-state index contributed by atoms with van der Waals surface area (Å²) in [4.78, 5) is 0. The van der Waals surface area contributed by atoms with Gasteiger partial charge in [-0.15, -0.1) is 0 Å². The Hall–Kier alpha value is -8.56. The molecule has 5 aliphatic rings. The summed E-state index contributed by atoms with van der Waals surface area (Å²) in [5.41, 5.74) is 8.40. The summed E-state index contributed by atoms with van der Waals surface area (Å²) in [7, 11) is 0. The van der Waals surface area contributed by atoms with Gasteiger partial charge in [0.2, 0.25) is 0 Å². The summed E-state index contributed by atoms with van der Waals surface area (Å²) >= 11 is 14.1. The molecular weight excluding hydrogens is 974 g/mol. The fourth-order valence-electron chi connectivity index (χ4n) is 26.8. The van der Waals surface area contributed by atoms with Crippen molar-refractivity contribution in [3.05, 3.63) is 92.0 Å². The molecule has 2 unspecified atom stereocenters. The molecular formula is C74H11Cl2N. The predicted octanol–water partition coefficient (Wildman–Crippen LogP) is 20.7. The molecule has 30 aromatic rings. The SMILES string of the molecule is Clc1ccc(C2NC(c3ccc(Cl)cc3)C34c5c6c7c8c9c%10c(c%11c%12c3c3c5c5c%13c6c6c7c7c9c9c%14c%10c%10c%11c%11c%12c%12c3c3c5c5c%13c%13c6c6c7c9c7c9c%14c%10c%10c%11c%11c%12c3c3c5c5c%13c6c7c6c9c%10c%11c3c56)C824)cc1. The first kappa shape index (κ1) is 30.3. The summed E-state index contributed by atoms with van der Waals surface area (Å²) < 4.78 is 0. The molecule has 0 saturated carbocycles. The van der Waals surface area contributed by atoms with E-state index in [2.05, 4.69) is 48.5 Å². The Balaban J connectivity index is 1.11. The molecule has 30 aromatic carbocycles. The van der Waals surface area contributed by atoms with Crippen LogP contribution in [0.2, 0.25) is 10.0 Å². The quantitative estimate of drug-likeness (QED) is 0.170. The van der Waals surface area contributed by atoms with Gasteiger partial charge in [-0.3, -0.25) is 0 Å². The maximum Gasteiger partial charge on any atom is 0.0579 e. The summed E-state index contributed by atoms with van der Waals surface area (Å²) in [6.07, 6.45) is 0.